The van der Waals surface area contributed by atoms with Crippen molar-refractivity contribution in [3.63, 3.8) is 0 Å². The van der Waals surface area contributed by atoms with Gasteiger partial charge in [-0.05, 0) is 62.4 Å². The molecule has 0 N–H and O–H groups in total. The van der Waals surface area contributed by atoms with E-state index < -0.39 is 22.0 Å². The average molecular weight is 496 g/mol. The summed E-state index contributed by atoms with van der Waals surface area (Å²) in [7, 11) is 0. The number of rotatable bonds is 9. The van der Waals surface area contributed by atoms with E-state index in [0.717, 1.165) is 24.0 Å². The van der Waals surface area contributed by atoms with Crippen LogP contribution in [-0.2, 0) is 14.3 Å². The van der Waals surface area contributed by atoms with Crippen LogP contribution in [0.5, 0.6) is 0 Å². The second-order valence-corrected chi connectivity index (χ2v) is 8.60. The molecule has 3 nitrogen and oxygen atoms in total. The minimum atomic E-state index is -0.745. The van der Waals surface area contributed by atoms with Gasteiger partial charge in [0.25, 0.3) is 0 Å². The summed E-state index contributed by atoms with van der Waals surface area (Å²) in [6.45, 7) is 6.49. The maximum atomic E-state index is 11.8. The van der Waals surface area contributed by atoms with E-state index in [1.165, 1.54) is 11.1 Å². The molecule has 0 aliphatic carbocycles. The normalized spacial score (nSPS) is 12.6. The fourth-order valence-corrected chi connectivity index (χ4v) is 3.02. The zero-order chi connectivity index (χ0) is 23.9. The smallest absolute Gasteiger partial charge is 0.328 e. The number of ether oxygens (including phenoxy) is 1. The third kappa shape index (κ3) is 11.5. The van der Waals surface area contributed by atoms with E-state index in [1.54, 1.807) is 12.1 Å². The number of alkyl halides is 2. The van der Waals surface area contributed by atoms with Crippen molar-refractivity contribution in [3.8, 4) is 0 Å². The zero-order valence-corrected chi connectivity index (χ0v) is 20.8. The van der Waals surface area contributed by atoms with Crippen LogP contribution in [0.4, 0.5) is 0 Å². The minimum absolute atomic E-state index is 0.273. The largest absolute Gasteiger partial charge is 0.460 e. The highest BCUT2D eigenvalue weighted by molar-refractivity contribution is 6.68. The molecule has 0 radical (unpaired) electrons. The summed E-state index contributed by atoms with van der Waals surface area (Å²) in [4.78, 5) is 22.4. The predicted molar refractivity (Wildman–Crippen MR) is 134 cm³/mol. The van der Waals surface area contributed by atoms with E-state index in [-0.39, 0.29) is 6.61 Å². The quantitative estimate of drug-likeness (QED) is 0.153. The highest BCUT2D eigenvalue weighted by Crippen LogP contribution is 2.22. The van der Waals surface area contributed by atoms with Gasteiger partial charge in [0.1, 0.15) is 12.0 Å². The summed E-state index contributed by atoms with van der Waals surface area (Å²) in [5, 5.41) is -2.01. The maximum Gasteiger partial charge on any atom is 0.328 e. The van der Waals surface area contributed by atoms with Crippen molar-refractivity contribution >= 4 is 46.0 Å². The van der Waals surface area contributed by atoms with Gasteiger partial charge >= 0.3 is 5.97 Å². The molecule has 0 heterocycles. The molecule has 32 heavy (non-hydrogen) atoms. The zero-order valence-electron chi connectivity index (χ0n) is 18.6. The number of esters is 1. The van der Waals surface area contributed by atoms with Gasteiger partial charge in [-0.1, -0.05) is 77.9 Å². The fourth-order valence-electron chi connectivity index (χ4n) is 2.54. The molecule has 2 atom stereocenters. The van der Waals surface area contributed by atoms with Gasteiger partial charge in [-0.3, -0.25) is 9.59 Å². The van der Waals surface area contributed by atoms with E-state index in [0.29, 0.717) is 0 Å². The van der Waals surface area contributed by atoms with Crippen molar-refractivity contribution < 1.29 is 14.3 Å². The van der Waals surface area contributed by atoms with Crippen LogP contribution in [0.3, 0.4) is 0 Å². The first-order valence-electron chi connectivity index (χ1n) is 10.2. The Morgan fingerprint density at radius 1 is 0.844 bits per heavy atom. The Hall–Kier alpha value is -2.07. The molecule has 172 valence electrons. The molecule has 2 aromatic rings. The van der Waals surface area contributed by atoms with Crippen LogP contribution < -0.4 is 0 Å². The van der Waals surface area contributed by atoms with E-state index in [2.05, 4.69) is 19.9 Å². The number of carbonyl (C=O) groups is 2. The SMILES string of the molecule is CC(C)=CCC/C(C)=C/COC(=O)C(Cl)c1ccccc1.O=C(Cl)C(Cl)c1ccccc1. The van der Waals surface area contributed by atoms with Gasteiger partial charge in [0.15, 0.2) is 5.38 Å². The standard InChI is InChI=1S/C18H23ClO2.C8H6Cl2O/c1-14(2)8-7-9-15(3)12-13-21-18(20)17(19)16-10-5-4-6-11-16;9-7(8(10)11)6-4-2-1-3-5-6/h4-6,8,10-12,17H,7,9,13H2,1-3H3;1-5,7H/b15-12+;. The molecule has 0 saturated carbocycles. The predicted octanol–water partition coefficient (Wildman–Crippen LogP) is 7.93. The molecule has 0 fully saturated rings. The number of halogens is 3. The van der Waals surface area contributed by atoms with Gasteiger partial charge in [0, 0.05) is 0 Å². The number of allylic oxidation sites excluding steroid dienone is 3. The summed E-state index contributed by atoms with van der Waals surface area (Å²) in [6, 6.07) is 18.2. The van der Waals surface area contributed by atoms with E-state index in [9.17, 15) is 9.59 Å². The summed E-state index contributed by atoms with van der Waals surface area (Å²) < 4.78 is 5.19. The lowest BCUT2D eigenvalue weighted by molar-refractivity contribution is -0.142. The third-order valence-electron chi connectivity index (χ3n) is 4.34. The highest BCUT2D eigenvalue weighted by atomic mass is 35.5. The number of hydrogen-bond acceptors (Lipinski definition) is 3. The first-order valence-corrected chi connectivity index (χ1v) is 11.5. The second-order valence-electron chi connectivity index (χ2n) is 7.35. The Morgan fingerprint density at radius 2 is 1.34 bits per heavy atom. The Bertz CT molecular complexity index is 889. The molecule has 2 unspecified atom stereocenters. The first kappa shape index (κ1) is 28.0. The van der Waals surface area contributed by atoms with Crippen LogP contribution in [0.1, 0.15) is 55.5 Å². The minimum Gasteiger partial charge on any atom is -0.460 e. The van der Waals surface area contributed by atoms with Gasteiger partial charge in [-0.15, -0.1) is 23.2 Å². The van der Waals surface area contributed by atoms with Gasteiger partial charge in [0.05, 0.1) is 0 Å². The van der Waals surface area contributed by atoms with E-state index in [4.69, 9.17) is 39.5 Å². The van der Waals surface area contributed by atoms with Crippen LogP contribution in [0, 0.1) is 0 Å². The van der Waals surface area contributed by atoms with Crippen LogP contribution in [0.2, 0.25) is 0 Å². The van der Waals surface area contributed by atoms with Crippen molar-refractivity contribution in [1.82, 2.24) is 0 Å². The molecule has 6 heteroatoms. The van der Waals surface area contributed by atoms with Crippen LogP contribution in [0.25, 0.3) is 0 Å². The molecule has 0 saturated heterocycles. The van der Waals surface area contributed by atoms with Crippen molar-refractivity contribution in [3.05, 3.63) is 95.1 Å². The third-order valence-corrected chi connectivity index (χ3v) is 5.55. The first-order chi connectivity index (χ1) is 15.2. The molecule has 0 amide bonds. The molecule has 0 aliphatic rings. The van der Waals surface area contributed by atoms with E-state index >= 15 is 0 Å². The Balaban J connectivity index is 0.000000389. The number of benzene rings is 2. The summed E-state index contributed by atoms with van der Waals surface area (Å²) in [6.07, 6.45) is 6.13. The molecule has 0 aliphatic heterocycles. The lowest BCUT2D eigenvalue weighted by Gasteiger charge is -2.09. The Morgan fingerprint density at radius 3 is 1.81 bits per heavy atom. The van der Waals surface area contributed by atoms with Crippen molar-refractivity contribution in [2.24, 2.45) is 0 Å². The van der Waals surface area contributed by atoms with Gasteiger partial charge in [-0.25, -0.2) is 0 Å². The fraction of sp³-hybridized carbons (Fsp3) is 0.308. The molecule has 0 bridgehead atoms. The van der Waals surface area contributed by atoms with Crippen molar-refractivity contribution in [2.45, 2.75) is 44.4 Å². The summed E-state index contributed by atoms with van der Waals surface area (Å²) in [5.41, 5.74) is 4.02. The van der Waals surface area contributed by atoms with Gasteiger partial charge < -0.3 is 4.74 Å². The molecule has 0 aromatic heterocycles. The van der Waals surface area contributed by atoms with E-state index in [1.807, 2.05) is 61.5 Å². The van der Waals surface area contributed by atoms with Crippen molar-refractivity contribution in [1.29, 1.82) is 0 Å². The number of hydrogen-bond donors (Lipinski definition) is 0. The highest BCUT2D eigenvalue weighted by Gasteiger charge is 2.18. The Kier molecular flexibility index (Phi) is 13.7. The number of carbonyl (C=O) groups excluding carboxylic acids is 2. The van der Waals surface area contributed by atoms with Gasteiger partial charge in [0.2, 0.25) is 5.24 Å². The Labute approximate surface area is 206 Å². The van der Waals surface area contributed by atoms with Crippen LogP contribution >= 0.6 is 34.8 Å². The monoisotopic (exact) mass is 494 g/mol. The molecule has 2 aromatic carbocycles. The molecule has 0 spiro atoms. The molecular formula is C26H29Cl3O3. The summed E-state index contributed by atoms with van der Waals surface area (Å²) >= 11 is 16.9. The van der Waals surface area contributed by atoms with Crippen LogP contribution in [-0.4, -0.2) is 17.8 Å². The van der Waals surface area contributed by atoms with Crippen LogP contribution in [0.15, 0.2) is 84.0 Å². The van der Waals surface area contributed by atoms with Crippen molar-refractivity contribution in [2.75, 3.05) is 6.61 Å². The van der Waals surface area contributed by atoms with Gasteiger partial charge in [-0.2, -0.15) is 0 Å². The lowest BCUT2D eigenvalue weighted by atomic mass is 10.1. The lowest BCUT2D eigenvalue weighted by Crippen LogP contribution is -2.11. The summed E-state index contributed by atoms with van der Waals surface area (Å²) in [5.74, 6) is -0.406. The topological polar surface area (TPSA) is 43.4 Å². The second kappa shape index (κ2) is 15.7. The molecule has 2 rings (SSSR count). The maximum absolute atomic E-state index is 11.8. The molecular weight excluding hydrogens is 467 g/mol. The average Bonchev–Trinajstić information content (AvgIpc) is 2.79.